The summed E-state index contributed by atoms with van der Waals surface area (Å²) in [5, 5.41) is 15.6. The Morgan fingerprint density at radius 1 is 0.941 bits per heavy atom. The van der Waals surface area contributed by atoms with Crippen LogP contribution < -0.4 is 24.3 Å². The Bertz CT molecular complexity index is 1270. The fourth-order valence-corrected chi connectivity index (χ4v) is 3.19. The van der Waals surface area contributed by atoms with E-state index in [1.54, 1.807) is 49.1 Å². The Kier molecular flexibility index (Phi) is 7.07. The molecule has 0 aliphatic carbocycles. The third-order valence-corrected chi connectivity index (χ3v) is 4.95. The molecule has 2 heterocycles. The zero-order chi connectivity index (χ0) is 23.9. The van der Waals surface area contributed by atoms with E-state index in [0.717, 1.165) is 5.56 Å². The maximum Gasteiger partial charge on any atom is 0.258 e. The summed E-state index contributed by atoms with van der Waals surface area (Å²) in [5.74, 6) is 2.52. The van der Waals surface area contributed by atoms with Gasteiger partial charge in [0.2, 0.25) is 5.88 Å². The number of nitrogens with zero attached hydrogens (tertiary/aromatic N) is 4. The number of hydrogen-bond acceptors (Lipinski definition) is 8. The van der Waals surface area contributed by atoms with E-state index in [1.165, 1.54) is 0 Å². The van der Waals surface area contributed by atoms with E-state index in [1.807, 2.05) is 31.2 Å². The van der Waals surface area contributed by atoms with E-state index in [9.17, 15) is 4.79 Å². The molecule has 0 aliphatic rings. The molecule has 0 radical (unpaired) electrons. The van der Waals surface area contributed by atoms with E-state index < -0.39 is 0 Å². The minimum absolute atomic E-state index is 0.0697. The molecule has 0 spiro atoms. The Morgan fingerprint density at radius 2 is 1.74 bits per heavy atom. The topological polar surface area (TPSA) is 109 Å². The van der Waals surface area contributed by atoms with E-state index >= 15 is 0 Å². The molecular formula is C24H25N5O5. The molecule has 2 aromatic heterocycles. The second-order valence-corrected chi connectivity index (χ2v) is 7.33. The average molecular weight is 463 g/mol. The fraction of sp³-hybridized carbons (Fsp3) is 0.250. The lowest BCUT2D eigenvalue weighted by Gasteiger charge is -2.10. The summed E-state index contributed by atoms with van der Waals surface area (Å²) in [5.41, 5.74) is 2.36. The van der Waals surface area contributed by atoms with E-state index in [-0.39, 0.29) is 19.1 Å². The van der Waals surface area contributed by atoms with E-state index in [2.05, 4.69) is 20.6 Å². The summed E-state index contributed by atoms with van der Waals surface area (Å²) in [6.45, 7) is 2.45. The maximum atomic E-state index is 12.0. The molecular weight excluding hydrogens is 438 g/mol. The van der Waals surface area contributed by atoms with Crippen LogP contribution in [0.5, 0.6) is 23.1 Å². The van der Waals surface area contributed by atoms with Crippen LogP contribution in [-0.4, -0.2) is 59.7 Å². The summed E-state index contributed by atoms with van der Waals surface area (Å²) >= 11 is 0. The molecule has 0 fully saturated rings. The number of aromatic nitrogens is 4. The van der Waals surface area contributed by atoms with Crippen LogP contribution in [0.25, 0.3) is 17.0 Å². The number of rotatable bonds is 10. The average Bonchev–Trinajstić information content (AvgIpc) is 3.29. The lowest BCUT2D eigenvalue weighted by atomic mass is 10.2. The second-order valence-electron chi connectivity index (χ2n) is 7.33. The Morgan fingerprint density at radius 3 is 2.50 bits per heavy atom. The third-order valence-electron chi connectivity index (χ3n) is 4.95. The first-order valence-electron chi connectivity index (χ1n) is 10.6. The van der Waals surface area contributed by atoms with Crippen molar-refractivity contribution in [1.29, 1.82) is 0 Å². The third kappa shape index (κ3) is 5.34. The van der Waals surface area contributed by atoms with Gasteiger partial charge in [-0.15, -0.1) is 15.3 Å². The minimum Gasteiger partial charge on any atom is -0.497 e. The van der Waals surface area contributed by atoms with Crippen molar-refractivity contribution in [1.82, 2.24) is 25.1 Å². The van der Waals surface area contributed by atoms with Gasteiger partial charge in [-0.2, -0.15) is 4.52 Å². The van der Waals surface area contributed by atoms with Crippen LogP contribution in [-0.2, 0) is 4.79 Å². The molecule has 1 N–H and O–H groups in total. The van der Waals surface area contributed by atoms with Gasteiger partial charge in [0.25, 0.3) is 5.91 Å². The number of amides is 1. The largest absolute Gasteiger partial charge is 0.497 e. The van der Waals surface area contributed by atoms with Crippen molar-refractivity contribution >= 4 is 11.6 Å². The molecule has 0 aliphatic heterocycles. The number of fused-ring (bicyclic) bond motifs is 1. The van der Waals surface area contributed by atoms with Gasteiger partial charge in [0.15, 0.2) is 18.1 Å². The van der Waals surface area contributed by atoms with Gasteiger partial charge in [-0.1, -0.05) is 17.7 Å². The van der Waals surface area contributed by atoms with Crippen LogP contribution in [0, 0.1) is 6.92 Å². The Hall–Kier alpha value is -4.34. The Balaban J connectivity index is 1.35. The lowest BCUT2D eigenvalue weighted by Crippen LogP contribution is -2.32. The smallest absolute Gasteiger partial charge is 0.258 e. The first-order valence-corrected chi connectivity index (χ1v) is 10.6. The number of carbonyl (C=O) groups is 1. The van der Waals surface area contributed by atoms with Crippen molar-refractivity contribution in [2.75, 3.05) is 34.0 Å². The van der Waals surface area contributed by atoms with Gasteiger partial charge in [-0.25, -0.2) is 0 Å². The molecule has 10 nitrogen and oxygen atoms in total. The van der Waals surface area contributed by atoms with Gasteiger partial charge in [-0.3, -0.25) is 4.79 Å². The van der Waals surface area contributed by atoms with E-state index in [4.69, 9.17) is 18.9 Å². The summed E-state index contributed by atoms with van der Waals surface area (Å²) in [4.78, 5) is 12.0. The van der Waals surface area contributed by atoms with Gasteiger partial charge in [0.1, 0.15) is 23.9 Å². The molecule has 1 amide bonds. The highest BCUT2D eigenvalue weighted by molar-refractivity contribution is 5.77. The van der Waals surface area contributed by atoms with Gasteiger partial charge < -0.3 is 24.3 Å². The van der Waals surface area contributed by atoms with Crippen LogP contribution in [0.2, 0.25) is 0 Å². The molecule has 0 atom stereocenters. The first kappa shape index (κ1) is 22.8. The van der Waals surface area contributed by atoms with E-state index in [0.29, 0.717) is 46.7 Å². The molecule has 34 heavy (non-hydrogen) atoms. The zero-order valence-corrected chi connectivity index (χ0v) is 19.1. The number of hydrogen-bond donors (Lipinski definition) is 1. The number of benzene rings is 2. The van der Waals surface area contributed by atoms with Crippen LogP contribution in [0.4, 0.5) is 0 Å². The highest BCUT2D eigenvalue weighted by Gasteiger charge is 2.16. The van der Waals surface area contributed by atoms with Crippen molar-refractivity contribution < 1.29 is 23.7 Å². The molecule has 0 unspecified atom stereocenters. The van der Waals surface area contributed by atoms with Gasteiger partial charge in [0, 0.05) is 6.07 Å². The predicted molar refractivity (Wildman–Crippen MR) is 125 cm³/mol. The molecule has 2 aromatic carbocycles. The van der Waals surface area contributed by atoms with Crippen molar-refractivity contribution in [3.05, 3.63) is 60.2 Å². The lowest BCUT2D eigenvalue weighted by molar-refractivity contribution is -0.123. The van der Waals surface area contributed by atoms with Crippen LogP contribution >= 0.6 is 0 Å². The second kappa shape index (κ2) is 10.5. The van der Waals surface area contributed by atoms with Crippen molar-refractivity contribution in [3.63, 3.8) is 0 Å². The zero-order valence-electron chi connectivity index (χ0n) is 19.1. The summed E-state index contributed by atoms with van der Waals surface area (Å²) in [7, 11) is 3.17. The standard InChI is InChI=1S/C24H25N5O5/c1-16-4-6-17(7-5-16)34-15-22(30)25-12-13-33-23-11-10-21-26-27-24(29(21)28-23)19-14-18(31-2)8-9-20(19)32-3/h4-11,14H,12-13,15H2,1-3H3,(H,25,30). The van der Waals surface area contributed by atoms with Gasteiger partial charge >= 0.3 is 0 Å². The van der Waals surface area contributed by atoms with Crippen molar-refractivity contribution in [2.24, 2.45) is 0 Å². The molecule has 4 aromatic rings. The normalized spacial score (nSPS) is 10.7. The van der Waals surface area contributed by atoms with Crippen molar-refractivity contribution in [3.8, 4) is 34.5 Å². The number of methoxy groups -OCH3 is 2. The summed E-state index contributed by atoms with van der Waals surface area (Å²) < 4.78 is 23.5. The predicted octanol–water partition coefficient (Wildman–Crippen LogP) is 2.69. The van der Waals surface area contributed by atoms with Crippen LogP contribution in [0.3, 0.4) is 0 Å². The van der Waals surface area contributed by atoms with Crippen molar-refractivity contribution in [2.45, 2.75) is 6.92 Å². The maximum absolute atomic E-state index is 12.0. The van der Waals surface area contributed by atoms with Gasteiger partial charge in [-0.05, 0) is 43.3 Å². The number of aryl methyl sites for hydroxylation is 1. The van der Waals surface area contributed by atoms with Crippen LogP contribution in [0.1, 0.15) is 5.56 Å². The minimum atomic E-state index is -0.237. The highest BCUT2D eigenvalue weighted by Crippen LogP contribution is 2.32. The first-order chi connectivity index (χ1) is 16.6. The molecule has 0 bridgehead atoms. The number of ether oxygens (including phenoxy) is 4. The SMILES string of the molecule is COc1ccc(OC)c(-c2nnc3ccc(OCCNC(=O)COc4ccc(C)cc4)nn23)c1. The number of nitrogens with one attached hydrogen (secondary N) is 1. The molecule has 4 rings (SSSR count). The summed E-state index contributed by atoms with van der Waals surface area (Å²) in [6.07, 6.45) is 0. The quantitative estimate of drug-likeness (QED) is 0.358. The van der Waals surface area contributed by atoms with Gasteiger partial charge in [0.05, 0.1) is 26.3 Å². The summed E-state index contributed by atoms with van der Waals surface area (Å²) in [6, 6.07) is 16.3. The molecule has 10 heteroatoms. The highest BCUT2D eigenvalue weighted by atomic mass is 16.5. The van der Waals surface area contributed by atoms with Crippen LogP contribution in [0.15, 0.2) is 54.6 Å². The molecule has 176 valence electrons. The fourth-order valence-electron chi connectivity index (χ4n) is 3.19. The molecule has 0 saturated carbocycles. The Labute approximate surface area is 196 Å². The monoisotopic (exact) mass is 463 g/mol. The molecule has 0 saturated heterocycles. The number of carbonyl (C=O) groups excluding carboxylic acids is 1.